The van der Waals surface area contributed by atoms with Crippen LogP contribution in [0.15, 0.2) is 23.1 Å². The standard InChI is InChI=1S/C12H18N2O2S/c1-8(13)6-9-2-3-10-7-11(17(14,15)16)4-5-12(9)10/h4-5,7-9H,2-3,6,13H2,1H3,(H2,14,15,16). The van der Waals surface area contributed by atoms with Crippen LogP contribution in [0.3, 0.4) is 0 Å². The van der Waals surface area contributed by atoms with Crippen molar-refractivity contribution in [1.29, 1.82) is 0 Å². The van der Waals surface area contributed by atoms with Gasteiger partial charge in [-0.1, -0.05) is 6.07 Å². The first-order valence-electron chi connectivity index (χ1n) is 5.79. The van der Waals surface area contributed by atoms with Crippen LogP contribution in [0.1, 0.15) is 36.8 Å². The van der Waals surface area contributed by atoms with Crippen LogP contribution < -0.4 is 10.9 Å². The Morgan fingerprint density at radius 2 is 2.18 bits per heavy atom. The maximum absolute atomic E-state index is 11.2. The zero-order chi connectivity index (χ0) is 12.6. The maximum atomic E-state index is 11.2. The molecule has 5 heteroatoms. The van der Waals surface area contributed by atoms with Gasteiger partial charge in [-0.05, 0) is 55.4 Å². The van der Waals surface area contributed by atoms with Crippen LogP contribution in [0.25, 0.3) is 0 Å². The van der Waals surface area contributed by atoms with E-state index in [0.717, 1.165) is 24.8 Å². The highest BCUT2D eigenvalue weighted by atomic mass is 32.2. The van der Waals surface area contributed by atoms with Crippen LogP contribution in [0.4, 0.5) is 0 Å². The second kappa shape index (κ2) is 4.40. The predicted molar refractivity (Wildman–Crippen MR) is 67.1 cm³/mol. The van der Waals surface area contributed by atoms with E-state index in [9.17, 15) is 8.42 Å². The summed E-state index contributed by atoms with van der Waals surface area (Å²) in [6.45, 7) is 2.00. The van der Waals surface area contributed by atoms with Gasteiger partial charge in [0.2, 0.25) is 10.0 Å². The van der Waals surface area contributed by atoms with Crippen molar-refractivity contribution < 1.29 is 8.42 Å². The van der Waals surface area contributed by atoms with Gasteiger partial charge in [-0.15, -0.1) is 0 Å². The predicted octanol–water partition coefficient (Wildman–Crippen LogP) is 1.10. The first-order chi connectivity index (χ1) is 7.88. The molecule has 1 aromatic rings. The number of nitrogens with two attached hydrogens (primary N) is 2. The molecule has 17 heavy (non-hydrogen) atoms. The Morgan fingerprint density at radius 1 is 1.47 bits per heavy atom. The summed E-state index contributed by atoms with van der Waals surface area (Å²) in [5.74, 6) is 0.458. The van der Waals surface area contributed by atoms with Gasteiger partial charge in [-0.25, -0.2) is 13.6 Å². The Balaban J connectivity index is 2.32. The van der Waals surface area contributed by atoms with Gasteiger partial charge in [-0.2, -0.15) is 0 Å². The zero-order valence-corrected chi connectivity index (χ0v) is 10.7. The quantitative estimate of drug-likeness (QED) is 0.847. The van der Waals surface area contributed by atoms with Crippen molar-refractivity contribution >= 4 is 10.0 Å². The SMILES string of the molecule is CC(N)CC1CCc2cc(S(N)(=O)=O)ccc21. The summed E-state index contributed by atoms with van der Waals surface area (Å²) >= 11 is 0. The normalized spacial score (nSPS) is 21.2. The monoisotopic (exact) mass is 254 g/mol. The third-order valence-corrected chi connectivity index (χ3v) is 4.21. The lowest BCUT2D eigenvalue weighted by Gasteiger charge is -2.14. The minimum Gasteiger partial charge on any atom is -0.328 e. The maximum Gasteiger partial charge on any atom is 0.238 e. The molecule has 1 aliphatic carbocycles. The fraction of sp³-hybridized carbons (Fsp3) is 0.500. The van der Waals surface area contributed by atoms with Gasteiger partial charge in [0.1, 0.15) is 0 Å². The summed E-state index contributed by atoms with van der Waals surface area (Å²) in [7, 11) is -3.59. The van der Waals surface area contributed by atoms with E-state index in [1.54, 1.807) is 12.1 Å². The van der Waals surface area contributed by atoms with Gasteiger partial charge in [0.15, 0.2) is 0 Å². The molecule has 2 unspecified atom stereocenters. The van der Waals surface area contributed by atoms with Crippen LogP contribution in [0.2, 0.25) is 0 Å². The molecule has 0 radical (unpaired) electrons. The average molecular weight is 254 g/mol. The lowest BCUT2D eigenvalue weighted by Crippen LogP contribution is -2.17. The number of rotatable bonds is 3. The minimum absolute atomic E-state index is 0.170. The lowest BCUT2D eigenvalue weighted by molar-refractivity contribution is 0.550. The topological polar surface area (TPSA) is 86.2 Å². The molecule has 0 aliphatic heterocycles. The summed E-state index contributed by atoms with van der Waals surface area (Å²) in [4.78, 5) is 0.206. The lowest BCUT2D eigenvalue weighted by atomic mass is 9.95. The van der Waals surface area contributed by atoms with Crippen molar-refractivity contribution in [2.45, 2.75) is 43.0 Å². The van der Waals surface area contributed by atoms with Crippen molar-refractivity contribution in [3.63, 3.8) is 0 Å². The molecular weight excluding hydrogens is 236 g/mol. The highest BCUT2D eigenvalue weighted by Gasteiger charge is 2.24. The number of hydrogen-bond acceptors (Lipinski definition) is 3. The molecule has 4 nitrogen and oxygen atoms in total. The second-order valence-electron chi connectivity index (χ2n) is 4.85. The summed E-state index contributed by atoms with van der Waals surface area (Å²) in [6, 6.07) is 5.35. The van der Waals surface area contributed by atoms with Crippen molar-refractivity contribution in [3.8, 4) is 0 Å². The molecule has 0 amide bonds. The zero-order valence-electron chi connectivity index (χ0n) is 9.89. The highest BCUT2D eigenvalue weighted by Crippen LogP contribution is 2.36. The first kappa shape index (κ1) is 12.5. The summed E-state index contributed by atoms with van der Waals surface area (Å²) < 4.78 is 22.5. The van der Waals surface area contributed by atoms with Gasteiger partial charge in [-0.3, -0.25) is 0 Å². The number of fused-ring (bicyclic) bond motifs is 1. The molecule has 2 rings (SSSR count). The molecule has 1 aromatic carbocycles. The molecule has 94 valence electrons. The van der Waals surface area contributed by atoms with E-state index < -0.39 is 10.0 Å². The van der Waals surface area contributed by atoms with E-state index in [1.165, 1.54) is 5.56 Å². The molecule has 0 saturated carbocycles. The van der Waals surface area contributed by atoms with Gasteiger partial charge >= 0.3 is 0 Å². The summed E-state index contributed by atoms with van der Waals surface area (Å²) in [5.41, 5.74) is 8.14. The van der Waals surface area contributed by atoms with Crippen molar-refractivity contribution in [3.05, 3.63) is 29.3 Å². The third-order valence-electron chi connectivity index (χ3n) is 3.30. The number of aryl methyl sites for hydroxylation is 1. The second-order valence-corrected chi connectivity index (χ2v) is 6.42. The summed E-state index contributed by atoms with van der Waals surface area (Å²) in [5, 5.41) is 5.12. The fourth-order valence-electron chi connectivity index (χ4n) is 2.55. The summed E-state index contributed by atoms with van der Waals surface area (Å²) in [6.07, 6.45) is 2.91. The van der Waals surface area contributed by atoms with E-state index >= 15 is 0 Å². The third kappa shape index (κ3) is 2.68. The van der Waals surface area contributed by atoms with Crippen LogP contribution in [0, 0.1) is 0 Å². The first-order valence-corrected chi connectivity index (χ1v) is 7.34. The van der Waals surface area contributed by atoms with E-state index in [1.807, 2.05) is 13.0 Å². The molecule has 1 aliphatic rings. The number of benzene rings is 1. The Kier molecular flexibility index (Phi) is 3.25. The van der Waals surface area contributed by atoms with Crippen LogP contribution in [0.5, 0.6) is 0 Å². The number of sulfonamides is 1. The minimum atomic E-state index is -3.59. The molecule has 0 spiro atoms. The van der Waals surface area contributed by atoms with E-state index in [0.29, 0.717) is 5.92 Å². The Bertz CT molecular complexity index is 523. The number of primary sulfonamides is 1. The molecular formula is C12H18N2O2S. The van der Waals surface area contributed by atoms with E-state index in [2.05, 4.69) is 0 Å². The van der Waals surface area contributed by atoms with E-state index in [4.69, 9.17) is 10.9 Å². The van der Waals surface area contributed by atoms with Crippen LogP contribution in [-0.4, -0.2) is 14.5 Å². The van der Waals surface area contributed by atoms with Gasteiger partial charge in [0, 0.05) is 6.04 Å². The Morgan fingerprint density at radius 3 is 2.76 bits per heavy atom. The molecule has 0 aromatic heterocycles. The van der Waals surface area contributed by atoms with E-state index in [-0.39, 0.29) is 10.9 Å². The van der Waals surface area contributed by atoms with Gasteiger partial charge in [0.05, 0.1) is 4.90 Å². The fourth-order valence-corrected chi connectivity index (χ4v) is 3.12. The molecule has 0 fully saturated rings. The molecule has 4 N–H and O–H groups in total. The van der Waals surface area contributed by atoms with Gasteiger partial charge in [0.25, 0.3) is 0 Å². The Hall–Kier alpha value is -0.910. The number of hydrogen-bond donors (Lipinski definition) is 2. The van der Waals surface area contributed by atoms with Crippen molar-refractivity contribution in [2.75, 3.05) is 0 Å². The molecule has 0 saturated heterocycles. The molecule has 2 atom stereocenters. The largest absolute Gasteiger partial charge is 0.328 e. The Labute approximate surface area is 102 Å². The van der Waals surface area contributed by atoms with Crippen molar-refractivity contribution in [1.82, 2.24) is 0 Å². The molecule has 0 heterocycles. The average Bonchev–Trinajstić information content (AvgIpc) is 2.59. The smallest absolute Gasteiger partial charge is 0.238 e. The van der Waals surface area contributed by atoms with Crippen LogP contribution in [-0.2, 0) is 16.4 Å². The highest BCUT2D eigenvalue weighted by molar-refractivity contribution is 7.89. The van der Waals surface area contributed by atoms with Gasteiger partial charge < -0.3 is 5.73 Å². The van der Waals surface area contributed by atoms with Crippen LogP contribution >= 0.6 is 0 Å². The molecule has 0 bridgehead atoms. The van der Waals surface area contributed by atoms with Crippen molar-refractivity contribution in [2.24, 2.45) is 10.9 Å².